The maximum absolute atomic E-state index is 14.0. The number of esters is 1. The van der Waals surface area contributed by atoms with Gasteiger partial charge in [-0.2, -0.15) is 0 Å². The van der Waals surface area contributed by atoms with Gasteiger partial charge in [0.2, 0.25) is 5.91 Å². The quantitative estimate of drug-likeness (QED) is 0.342. The Labute approximate surface area is 235 Å². The number of benzene rings is 2. The van der Waals surface area contributed by atoms with Gasteiger partial charge >= 0.3 is 5.97 Å². The lowest BCUT2D eigenvalue weighted by Crippen LogP contribution is -2.39. The first-order valence-corrected chi connectivity index (χ1v) is 14.4. The van der Waals surface area contributed by atoms with Gasteiger partial charge in [-0.3, -0.25) is 14.2 Å². The Morgan fingerprint density at radius 2 is 1.80 bits per heavy atom. The smallest absolute Gasteiger partial charge is 0.338 e. The number of hydrogen-bond acceptors (Lipinski definition) is 6. The number of nitrogens with zero attached hydrogens (tertiary/aromatic N) is 4. The molecule has 8 nitrogen and oxygen atoms in total. The number of hydrogen-bond donors (Lipinski definition) is 0. The van der Waals surface area contributed by atoms with Crippen LogP contribution in [-0.4, -0.2) is 45.6 Å². The lowest BCUT2D eigenvalue weighted by molar-refractivity contribution is -0.139. The third-order valence-electron chi connectivity index (χ3n) is 7.50. The Morgan fingerprint density at radius 3 is 2.55 bits per heavy atom. The minimum atomic E-state index is -0.641. The van der Waals surface area contributed by atoms with Crippen LogP contribution in [-0.2, 0) is 20.9 Å². The van der Waals surface area contributed by atoms with Crippen molar-refractivity contribution in [2.75, 3.05) is 19.7 Å². The summed E-state index contributed by atoms with van der Waals surface area (Å²) in [5.41, 5.74) is 3.28. The summed E-state index contributed by atoms with van der Waals surface area (Å²) in [4.78, 5) is 47.1. The number of thiazole rings is 1. The van der Waals surface area contributed by atoms with Gasteiger partial charge in [-0.15, -0.1) is 0 Å². The first kappa shape index (κ1) is 26.0. The maximum atomic E-state index is 14.0. The van der Waals surface area contributed by atoms with Crippen LogP contribution in [0, 0.1) is 0 Å². The van der Waals surface area contributed by atoms with Crippen molar-refractivity contribution in [2.45, 2.75) is 39.3 Å². The number of aromatic nitrogens is 2. The second kappa shape index (κ2) is 10.7. The predicted octanol–water partition coefficient (Wildman–Crippen LogP) is 3.38. The van der Waals surface area contributed by atoms with Crippen LogP contribution in [0.1, 0.15) is 43.9 Å². The lowest BCUT2D eigenvalue weighted by atomic mass is 9.96. The molecule has 2 aliphatic heterocycles. The van der Waals surface area contributed by atoms with E-state index in [0.717, 1.165) is 48.0 Å². The Hall–Kier alpha value is -4.24. The average Bonchev–Trinajstić information content (AvgIpc) is 3.68. The molecule has 2 aromatic carbocycles. The van der Waals surface area contributed by atoms with Crippen molar-refractivity contribution in [1.29, 1.82) is 0 Å². The Balaban J connectivity index is 1.48. The zero-order valence-electron chi connectivity index (χ0n) is 22.5. The molecule has 4 aromatic rings. The summed E-state index contributed by atoms with van der Waals surface area (Å²) in [6.07, 6.45) is 5.91. The maximum Gasteiger partial charge on any atom is 0.338 e. The number of ether oxygens (including phenoxy) is 1. The van der Waals surface area contributed by atoms with Crippen LogP contribution in [0.3, 0.4) is 0 Å². The molecule has 1 amide bonds. The molecular formula is C31H30N4O4S. The van der Waals surface area contributed by atoms with Gasteiger partial charge in [-0.25, -0.2) is 9.79 Å². The number of carbonyl (C=O) groups is 2. The molecule has 2 aromatic heterocycles. The van der Waals surface area contributed by atoms with Crippen molar-refractivity contribution >= 4 is 40.2 Å². The summed E-state index contributed by atoms with van der Waals surface area (Å²) in [6, 6.07) is 16.8. The van der Waals surface area contributed by atoms with Crippen LogP contribution < -0.4 is 14.9 Å². The van der Waals surface area contributed by atoms with E-state index in [9.17, 15) is 14.4 Å². The van der Waals surface area contributed by atoms with Crippen molar-refractivity contribution in [3.63, 3.8) is 0 Å². The third kappa shape index (κ3) is 4.60. The molecule has 0 bridgehead atoms. The van der Waals surface area contributed by atoms with Crippen LogP contribution in [0.4, 0.5) is 0 Å². The van der Waals surface area contributed by atoms with Gasteiger partial charge in [-0.1, -0.05) is 59.9 Å². The molecule has 0 spiro atoms. The molecule has 0 unspecified atom stereocenters. The van der Waals surface area contributed by atoms with E-state index < -0.39 is 12.0 Å². The number of carbonyl (C=O) groups excluding carboxylic acids is 2. The van der Waals surface area contributed by atoms with Crippen LogP contribution in [0.15, 0.2) is 81.9 Å². The van der Waals surface area contributed by atoms with Gasteiger partial charge in [0.1, 0.15) is 6.54 Å². The fourth-order valence-electron chi connectivity index (χ4n) is 5.62. The molecule has 9 heteroatoms. The van der Waals surface area contributed by atoms with E-state index in [-0.39, 0.29) is 24.6 Å². The second-order valence-corrected chi connectivity index (χ2v) is 11.0. The lowest BCUT2D eigenvalue weighted by Gasteiger charge is -2.24. The number of likely N-dealkylation sites (tertiary alicyclic amines) is 1. The minimum Gasteiger partial charge on any atom is -0.463 e. The number of amides is 1. The molecule has 1 saturated heterocycles. The molecular weight excluding hydrogens is 524 g/mol. The third-order valence-corrected chi connectivity index (χ3v) is 8.49. The average molecular weight is 555 g/mol. The van der Waals surface area contributed by atoms with Gasteiger partial charge in [0.25, 0.3) is 5.56 Å². The summed E-state index contributed by atoms with van der Waals surface area (Å²) < 4.78 is 9.44. The van der Waals surface area contributed by atoms with E-state index in [4.69, 9.17) is 4.74 Å². The Morgan fingerprint density at radius 1 is 1.07 bits per heavy atom. The highest BCUT2D eigenvalue weighted by molar-refractivity contribution is 7.07. The van der Waals surface area contributed by atoms with E-state index >= 15 is 0 Å². The largest absolute Gasteiger partial charge is 0.463 e. The molecule has 204 valence electrons. The van der Waals surface area contributed by atoms with E-state index in [1.54, 1.807) is 18.4 Å². The highest BCUT2D eigenvalue weighted by atomic mass is 32.1. The topological polar surface area (TPSA) is 85.9 Å². The molecule has 1 fully saturated rings. The first-order chi connectivity index (χ1) is 19.5. The Kier molecular flexibility index (Phi) is 6.98. The predicted molar refractivity (Wildman–Crippen MR) is 155 cm³/mol. The molecule has 0 saturated carbocycles. The van der Waals surface area contributed by atoms with Crippen LogP contribution in [0.5, 0.6) is 0 Å². The van der Waals surface area contributed by atoms with E-state index in [0.29, 0.717) is 20.6 Å². The van der Waals surface area contributed by atoms with Crippen LogP contribution in [0.25, 0.3) is 17.0 Å². The number of rotatable bonds is 6. The highest BCUT2D eigenvalue weighted by Crippen LogP contribution is 2.30. The molecule has 0 N–H and O–H groups in total. The van der Waals surface area contributed by atoms with Crippen molar-refractivity contribution < 1.29 is 14.3 Å². The standard InChI is InChI=1S/C31H30N4O4S/c1-3-39-30(38)27-20(2)32-31-35(28(27)21-11-5-4-6-12-21)29(37)25(40-31)17-22-18-34(24-14-8-7-13-23(22)24)19-26(36)33-15-9-10-16-33/h4-8,11-14,17-18,28H,3,9-10,15-16,19H2,1-2H3/b25-17+/t28-/m0/s1. The van der Waals surface area contributed by atoms with Gasteiger partial charge in [0, 0.05) is 35.8 Å². The zero-order chi connectivity index (χ0) is 27.8. The molecule has 0 aliphatic carbocycles. The van der Waals surface area contributed by atoms with E-state index in [1.165, 1.54) is 11.3 Å². The van der Waals surface area contributed by atoms with Gasteiger partial charge in [0.05, 0.1) is 28.5 Å². The van der Waals surface area contributed by atoms with Crippen molar-refractivity contribution in [3.05, 3.63) is 103 Å². The van der Waals surface area contributed by atoms with Crippen LogP contribution >= 0.6 is 11.3 Å². The molecule has 6 rings (SSSR count). The fourth-order valence-corrected chi connectivity index (χ4v) is 6.65. The van der Waals surface area contributed by atoms with Crippen molar-refractivity contribution in [2.24, 2.45) is 4.99 Å². The summed E-state index contributed by atoms with van der Waals surface area (Å²) in [5, 5.41) is 0.963. The molecule has 0 radical (unpaired) electrons. The summed E-state index contributed by atoms with van der Waals surface area (Å²) in [5.74, 6) is -0.369. The molecule has 4 heterocycles. The second-order valence-electron chi connectivity index (χ2n) is 10.0. The zero-order valence-corrected chi connectivity index (χ0v) is 23.3. The SMILES string of the molecule is CCOC(=O)C1=C(C)N=c2s/c(=C/c3cn(CC(=O)N4CCCC4)c4ccccc34)c(=O)n2[C@H]1c1ccccc1. The van der Waals surface area contributed by atoms with E-state index in [2.05, 4.69) is 4.99 Å². The monoisotopic (exact) mass is 554 g/mol. The molecule has 2 aliphatic rings. The summed E-state index contributed by atoms with van der Waals surface area (Å²) in [6.45, 7) is 5.64. The summed E-state index contributed by atoms with van der Waals surface area (Å²) >= 11 is 1.30. The molecule has 1 atom stereocenters. The van der Waals surface area contributed by atoms with Crippen molar-refractivity contribution in [3.8, 4) is 0 Å². The Bertz CT molecular complexity index is 1820. The van der Waals surface area contributed by atoms with Crippen LogP contribution in [0.2, 0.25) is 0 Å². The van der Waals surface area contributed by atoms with Crippen molar-refractivity contribution in [1.82, 2.24) is 14.0 Å². The fraction of sp³-hybridized carbons (Fsp3) is 0.290. The highest BCUT2D eigenvalue weighted by Gasteiger charge is 2.33. The number of fused-ring (bicyclic) bond motifs is 2. The number of para-hydroxylation sites is 1. The summed E-state index contributed by atoms with van der Waals surface area (Å²) in [7, 11) is 0. The number of allylic oxidation sites excluding steroid dienone is 1. The van der Waals surface area contributed by atoms with E-state index in [1.807, 2.05) is 76.3 Å². The van der Waals surface area contributed by atoms with Gasteiger partial charge in [-0.05, 0) is 44.4 Å². The minimum absolute atomic E-state index is 0.106. The van der Waals surface area contributed by atoms with Gasteiger partial charge in [0.15, 0.2) is 4.80 Å². The first-order valence-electron chi connectivity index (χ1n) is 13.6. The normalized spacial score (nSPS) is 17.3. The van der Waals surface area contributed by atoms with Gasteiger partial charge < -0.3 is 14.2 Å². The molecule has 40 heavy (non-hydrogen) atoms.